The molecule has 0 unspecified atom stereocenters. The van der Waals surface area contributed by atoms with Crippen molar-refractivity contribution in [3.63, 3.8) is 0 Å². The Morgan fingerprint density at radius 3 is 2.61 bits per heavy atom. The van der Waals surface area contributed by atoms with Gasteiger partial charge in [0.05, 0.1) is 17.4 Å². The second-order valence-electron chi connectivity index (χ2n) is 4.93. The zero-order chi connectivity index (χ0) is 16.5. The zero-order valence-corrected chi connectivity index (χ0v) is 14.6. The molecule has 122 valence electrons. The summed E-state index contributed by atoms with van der Waals surface area (Å²) in [5, 5.41) is 3.49. The number of anilines is 1. The molecule has 0 saturated heterocycles. The van der Waals surface area contributed by atoms with Crippen LogP contribution in [0.1, 0.15) is 12.5 Å². The SMILES string of the molecule is CCc1ccc(NC(=O)CSCCOc2ccccc2Cl)cc1. The van der Waals surface area contributed by atoms with Crippen LogP contribution in [-0.4, -0.2) is 24.0 Å². The molecule has 1 amide bonds. The number of amides is 1. The smallest absolute Gasteiger partial charge is 0.234 e. The average Bonchev–Trinajstić information content (AvgIpc) is 2.57. The Balaban J connectivity index is 1.64. The Hall–Kier alpha value is -1.65. The summed E-state index contributed by atoms with van der Waals surface area (Å²) in [7, 11) is 0. The normalized spacial score (nSPS) is 10.3. The first-order valence-corrected chi connectivity index (χ1v) is 9.06. The molecule has 0 fully saturated rings. The number of hydrogen-bond acceptors (Lipinski definition) is 3. The molecule has 0 aliphatic carbocycles. The highest BCUT2D eigenvalue weighted by Crippen LogP contribution is 2.23. The second kappa shape index (κ2) is 9.48. The van der Waals surface area contributed by atoms with Crippen molar-refractivity contribution in [2.45, 2.75) is 13.3 Å². The van der Waals surface area contributed by atoms with E-state index in [1.807, 2.05) is 42.5 Å². The first-order valence-electron chi connectivity index (χ1n) is 7.53. The van der Waals surface area contributed by atoms with E-state index in [0.29, 0.717) is 23.1 Å². The number of benzene rings is 2. The van der Waals surface area contributed by atoms with Crippen LogP contribution in [0.2, 0.25) is 5.02 Å². The summed E-state index contributed by atoms with van der Waals surface area (Å²) >= 11 is 7.54. The van der Waals surface area contributed by atoms with Crippen molar-refractivity contribution in [1.82, 2.24) is 0 Å². The van der Waals surface area contributed by atoms with Gasteiger partial charge < -0.3 is 10.1 Å². The standard InChI is InChI=1S/C18H20ClNO2S/c1-2-14-7-9-15(10-8-14)20-18(21)13-23-12-11-22-17-6-4-3-5-16(17)19/h3-10H,2,11-13H2,1H3,(H,20,21). The van der Waals surface area contributed by atoms with E-state index in [-0.39, 0.29) is 5.91 Å². The highest BCUT2D eigenvalue weighted by molar-refractivity contribution is 7.99. The number of para-hydroxylation sites is 1. The lowest BCUT2D eigenvalue weighted by molar-refractivity contribution is -0.113. The van der Waals surface area contributed by atoms with E-state index in [1.54, 1.807) is 6.07 Å². The minimum atomic E-state index is -0.00279. The van der Waals surface area contributed by atoms with Crippen LogP contribution < -0.4 is 10.1 Å². The fraction of sp³-hybridized carbons (Fsp3) is 0.278. The second-order valence-corrected chi connectivity index (χ2v) is 6.44. The fourth-order valence-electron chi connectivity index (χ4n) is 1.96. The molecule has 0 aliphatic rings. The van der Waals surface area contributed by atoms with Gasteiger partial charge in [-0.25, -0.2) is 0 Å². The highest BCUT2D eigenvalue weighted by atomic mass is 35.5. The number of carbonyl (C=O) groups excluding carboxylic acids is 1. The molecule has 2 aromatic carbocycles. The number of rotatable bonds is 8. The molecule has 1 N–H and O–H groups in total. The van der Waals surface area contributed by atoms with E-state index in [2.05, 4.69) is 12.2 Å². The summed E-state index contributed by atoms with van der Waals surface area (Å²) in [6.45, 7) is 2.63. The molecular formula is C18H20ClNO2S. The average molecular weight is 350 g/mol. The van der Waals surface area contributed by atoms with Crippen molar-refractivity contribution < 1.29 is 9.53 Å². The molecule has 0 spiro atoms. The molecule has 0 heterocycles. The van der Waals surface area contributed by atoms with E-state index in [0.717, 1.165) is 17.9 Å². The Bertz CT molecular complexity index is 631. The van der Waals surface area contributed by atoms with E-state index >= 15 is 0 Å². The third-order valence-corrected chi connectivity index (χ3v) is 4.43. The van der Waals surface area contributed by atoms with Gasteiger partial charge in [-0.1, -0.05) is 42.8 Å². The van der Waals surface area contributed by atoms with Crippen LogP contribution in [0.4, 0.5) is 5.69 Å². The number of thioether (sulfide) groups is 1. The molecular weight excluding hydrogens is 330 g/mol. The molecule has 3 nitrogen and oxygen atoms in total. The first kappa shape index (κ1) is 17.7. The molecule has 5 heteroatoms. The Morgan fingerprint density at radius 1 is 1.17 bits per heavy atom. The number of aryl methyl sites for hydroxylation is 1. The molecule has 0 atom stereocenters. The Labute approximate surface area is 146 Å². The summed E-state index contributed by atoms with van der Waals surface area (Å²) in [5.41, 5.74) is 2.09. The van der Waals surface area contributed by atoms with E-state index < -0.39 is 0 Å². The molecule has 0 aliphatic heterocycles. The highest BCUT2D eigenvalue weighted by Gasteiger charge is 2.04. The summed E-state index contributed by atoms with van der Waals surface area (Å²) in [5.74, 6) is 1.81. The predicted molar refractivity (Wildman–Crippen MR) is 98.7 cm³/mol. The lowest BCUT2D eigenvalue weighted by atomic mass is 10.1. The van der Waals surface area contributed by atoms with Gasteiger partial charge in [-0.05, 0) is 36.2 Å². The largest absolute Gasteiger partial charge is 0.491 e. The molecule has 0 aromatic heterocycles. The maximum Gasteiger partial charge on any atom is 0.234 e. The summed E-state index contributed by atoms with van der Waals surface area (Å²) in [6.07, 6.45) is 0.996. The molecule has 0 saturated carbocycles. The summed E-state index contributed by atoms with van der Waals surface area (Å²) in [4.78, 5) is 11.9. The lowest BCUT2D eigenvalue weighted by Crippen LogP contribution is -2.15. The topological polar surface area (TPSA) is 38.3 Å². The molecule has 0 radical (unpaired) electrons. The number of nitrogens with one attached hydrogen (secondary N) is 1. The fourth-order valence-corrected chi connectivity index (χ4v) is 2.75. The minimum absolute atomic E-state index is 0.00279. The lowest BCUT2D eigenvalue weighted by Gasteiger charge is -2.08. The van der Waals surface area contributed by atoms with Crippen molar-refractivity contribution in [1.29, 1.82) is 0 Å². The molecule has 0 bridgehead atoms. The first-order chi connectivity index (χ1) is 11.2. The maximum absolute atomic E-state index is 11.9. The van der Waals surface area contributed by atoms with Crippen molar-refractivity contribution in [2.75, 3.05) is 23.4 Å². The molecule has 2 aromatic rings. The van der Waals surface area contributed by atoms with Crippen LogP contribution in [-0.2, 0) is 11.2 Å². The third kappa shape index (κ3) is 6.16. The van der Waals surface area contributed by atoms with E-state index in [1.165, 1.54) is 17.3 Å². The van der Waals surface area contributed by atoms with E-state index in [4.69, 9.17) is 16.3 Å². The molecule has 23 heavy (non-hydrogen) atoms. The monoisotopic (exact) mass is 349 g/mol. The third-order valence-electron chi connectivity index (χ3n) is 3.20. The van der Waals surface area contributed by atoms with E-state index in [9.17, 15) is 4.79 Å². The van der Waals surface area contributed by atoms with Gasteiger partial charge in [0.1, 0.15) is 5.75 Å². The Kier molecular flexibility index (Phi) is 7.30. The van der Waals surface area contributed by atoms with Gasteiger partial charge in [0.2, 0.25) is 5.91 Å². The summed E-state index contributed by atoms with van der Waals surface area (Å²) in [6, 6.07) is 15.3. The van der Waals surface area contributed by atoms with Crippen LogP contribution in [0.15, 0.2) is 48.5 Å². The summed E-state index contributed by atoms with van der Waals surface area (Å²) < 4.78 is 5.58. The van der Waals surface area contributed by atoms with Crippen molar-refractivity contribution >= 4 is 35.0 Å². The number of hydrogen-bond donors (Lipinski definition) is 1. The van der Waals surface area contributed by atoms with Gasteiger partial charge in [-0.3, -0.25) is 4.79 Å². The van der Waals surface area contributed by atoms with Crippen LogP contribution in [0, 0.1) is 0 Å². The van der Waals surface area contributed by atoms with Gasteiger partial charge in [0.15, 0.2) is 0 Å². The van der Waals surface area contributed by atoms with Gasteiger partial charge in [-0.15, -0.1) is 11.8 Å². The van der Waals surface area contributed by atoms with Crippen molar-refractivity contribution in [2.24, 2.45) is 0 Å². The van der Waals surface area contributed by atoms with Gasteiger partial charge in [-0.2, -0.15) is 0 Å². The van der Waals surface area contributed by atoms with Gasteiger partial charge in [0.25, 0.3) is 0 Å². The van der Waals surface area contributed by atoms with Crippen LogP contribution >= 0.6 is 23.4 Å². The number of halogens is 1. The minimum Gasteiger partial charge on any atom is -0.491 e. The van der Waals surface area contributed by atoms with Gasteiger partial charge in [0, 0.05) is 11.4 Å². The predicted octanol–water partition coefficient (Wildman–Crippen LogP) is 4.65. The number of carbonyl (C=O) groups is 1. The van der Waals surface area contributed by atoms with Crippen molar-refractivity contribution in [3.05, 3.63) is 59.1 Å². The van der Waals surface area contributed by atoms with Crippen LogP contribution in [0.3, 0.4) is 0 Å². The van der Waals surface area contributed by atoms with Crippen LogP contribution in [0.5, 0.6) is 5.75 Å². The van der Waals surface area contributed by atoms with Crippen LogP contribution in [0.25, 0.3) is 0 Å². The Morgan fingerprint density at radius 2 is 1.91 bits per heavy atom. The maximum atomic E-state index is 11.9. The van der Waals surface area contributed by atoms with Gasteiger partial charge >= 0.3 is 0 Å². The molecule has 2 rings (SSSR count). The zero-order valence-electron chi connectivity index (χ0n) is 13.0. The number of ether oxygens (including phenoxy) is 1. The van der Waals surface area contributed by atoms with Crippen molar-refractivity contribution in [3.8, 4) is 5.75 Å². The quantitative estimate of drug-likeness (QED) is 0.705.